The molecule has 0 atom stereocenters. The topological polar surface area (TPSA) is 39.6 Å². The van der Waals surface area contributed by atoms with E-state index in [0.29, 0.717) is 5.69 Å². The summed E-state index contributed by atoms with van der Waals surface area (Å²) < 4.78 is 1.04. The molecule has 1 N–H and O–H groups in total. The van der Waals surface area contributed by atoms with E-state index in [1.807, 2.05) is 42.5 Å². The molecule has 0 aliphatic rings. The lowest BCUT2D eigenvalue weighted by Crippen LogP contribution is -1.81. The molecule has 3 rings (SSSR count). The summed E-state index contributed by atoms with van der Waals surface area (Å²) >= 11 is 3.43. The first-order valence-corrected chi connectivity index (χ1v) is 7.43. The Kier molecular flexibility index (Phi) is 3.64. The number of nitrogens with zero attached hydrogens (tertiary/aromatic N) is 1. The molecule has 3 aromatic rings. The first-order valence-electron chi connectivity index (χ1n) is 6.63. The molecular weight excluding hydrogens is 324 g/mol. The third kappa shape index (κ3) is 2.76. The van der Waals surface area contributed by atoms with E-state index in [-0.39, 0.29) is 0 Å². The van der Waals surface area contributed by atoms with E-state index in [2.05, 4.69) is 46.0 Å². The van der Waals surface area contributed by atoms with Crippen LogP contribution in [0.5, 0.6) is 0 Å². The van der Waals surface area contributed by atoms with Gasteiger partial charge in [0.25, 0.3) is 0 Å². The summed E-state index contributed by atoms with van der Waals surface area (Å²) in [6, 6.07) is 20.5. The van der Waals surface area contributed by atoms with Gasteiger partial charge in [0.1, 0.15) is 11.8 Å². The number of aromatic nitrogens is 1. The number of rotatable bonds is 2. The number of aryl methyl sites for hydroxylation is 1. The maximum atomic E-state index is 9.35. The van der Waals surface area contributed by atoms with Crippen LogP contribution >= 0.6 is 15.9 Å². The van der Waals surface area contributed by atoms with Gasteiger partial charge in [0.05, 0.1) is 0 Å². The standard InChI is InChI=1S/C18H13BrN2/c1-12-2-4-13(5-3-12)16-10-17(21-18(16)11-20)14-6-8-15(19)9-7-14/h2-10,21H,1H3. The summed E-state index contributed by atoms with van der Waals surface area (Å²) in [5, 5.41) is 9.35. The van der Waals surface area contributed by atoms with Crippen LogP contribution in [0.1, 0.15) is 11.3 Å². The molecule has 0 spiro atoms. The Bertz CT molecular complexity index is 806. The largest absolute Gasteiger partial charge is 0.346 e. The van der Waals surface area contributed by atoms with E-state index in [4.69, 9.17) is 0 Å². The summed E-state index contributed by atoms with van der Waals surface area (Å²) in [7, 11) is 0. The molecule has 0 saturated carbocycles. The van der Waals surface area contributed by atoms with Gasteiger partial charge in [-0.05, 0) is 36.2 Å². The number of aromatic amines is 1. The minimum atomic E-state index is 0.594. The summed E-state index contributed by atoms with van der Waals surface area (Å²) in [4.78, 5) is 3.20. The first kappa shape index (κ1) is 13.7. The van der Waals surface area contributed by atoms with Gasteiger partial charge in [-0.2, -0.15) is 5.26 Å². The van der Waals surface area contributed by atoms with Gasteiger partial charge < -0.3 is 4.98 Å². The van der Waals surface area contributed by atoms with Crippen molar-refractivity contribution in [3.63, 3.8) is 0 Å². The van der Waals surface area contributed by atoms with Crippen LogP contribution in [0.4, 0.5) is 0 Å². The van der Waals surface area contributed by atoms with Crippen molar-refractivity contribution in [1.29, 1.82) is 5.26 Å². The number of hydrogen-bond donors (Lipinski definition) is 1. The number of hydrogen-bond acceptors (Lipinski definition) is 1. The predicted molar refractivity (Wildman–Crippen MR) is 88.8 cm³/mol. The molecule has 0 bridgehead atoms. The van der Waals surface area contributed by atoms with E-state index >= 15 is 0 Å². The quantitative estimate of drug-likeness (QED) is 0.678. The zero-order valence-corrected chi connectivity index (χ0v) is 13.1. The highest BCUT2D eigenvalue weighted by molar-refractivity contribution is 9.10. The highest BCUT2D eigenvalue weighted by atomic mass is 79.9. The Morgan fingerprint density at radius 3 is 2.19 bits per heavy atom. The zero-order chi connectivity index (χ0) is 14.8. The predicted octanol–water partition coefficient (Wildman–Crippen LogP) is 5.29. The van der Waals surface area contributed by atoms with Gasteiger partial charge >= 0.3 is 0 Å². The lowest BCUT2D eigenvalue weighted by atomic mass is 10.0. The number of H-pyrrole nitrogens is 1. The van der Waals surface area contributed by atoms with Crippen LogP contribution in [-0.2, 0) is 0 Å². The number of halogens is 1. The average molecular weight is 337 g/mol. The van der Waals surface area contributed by atoms with Crippen LogP contribution in [0.25, 0.3) is 22.4 Å². The lowest BCUT2D eigenvalue weighted by Gasteiger charge is -1.99. The molecule has 2 aromatic carbocycles. The molecule has 21 heavy (non-hydrogen) atoms. The molecule has 0 amide bonds. The van der Waals surface area contributed by atoms with Crippen LogP contribution < -0.4 is 0 Å². The fraction of sp³-hybridized carbons (Fsp3) is 0.0556. The van der Waals surface area contributed by atoms with Crippen molar-refractivity contribution in [3.05, 3.63) is 70.3 Å². The fourth-order valence-electron chi connectivity index (χ4n) is 2.29. The number of benzene rings is 2. The van der Waals surface area contributed by atoms with Gasteiger partial charge in [-0.3, -0.25) is 0 Å². The summed E-state index contributed by atoms with van der Waals surface area (Å²) in [5.74, 6) is 0. The van der Waals surface area contributed by atoms with Crippen LogP contribution in [0.15, 0.2) is 59.1 Å². The molecular formula is C18H13BrN2. The summed E-state index contributed by atoms with van der Waals surface area (Å²) in [6.07, 6.45) is 0. The molecule has 1 aromatic heterocycles. The molecule has 0 aliphatic heterocycles. The van der Waals surface area contributed by atoms with Crippen LogP contribution in [0.2, 0.25) is 0 Å². The average Bonchev–Trinajstić information content (AvgIpc) is 2.93. The minimum Gasteiger partial charge on any atom is -0.346 e. The van der Waals surface area contributed by atoms with Crippen molar-refractivity contribution in [2.45, 2.75) is 6.92 Å². The highest BCUT2D eigenvalue weighted by Crippen LogP contribution is 2.30. The zero-order valence-electron chi connectivity index (χ0n) is 11.5. The Hall–Kier alpha value is -2.31. The van der Waals surface area contributed by atoms with E-state index < -0.39 is 0 Å². The van der Waals surface area contributed by atoms with Crippen molar-refractivity contribution in [2.75, 3.05) is 0 Å². The van der Waals surface area contributed by atoms with E-state index in [1.54, 1.807) is 0 Å². The fourth-order valence-corrected chi connectivity index (χ4v) is 2.55. The second kappa shape index (κ2) is 5.59. The van der Waals surface area contributed by atoms with Crippen molar-refractivity contribution in [3.8, 4) is 28.5 Å². The first-order chi connectivity index (χ1) is 10.2. The smallest absolute Gasteiger partial charge is 0.125 e. The molecule has 1 heterocycles. The lowest BCUT2D eigenvalue weighted by molar-refractivity contribution is 1.33. The van der Waals surface area contributed by atoms with Crippen molar-refractivity contribution in [2.24, 2.45) is 0 Å². The summed E-state index contributed by atoms with van der Waals surface area (Å²) in [6.45, 7) is 2.05. The molecule has 0 unspecified atom stereocenters. The maximum Gasteiger partial charge on any atom is 0.125 e. The maximum absolute atomic E-state index is 9.35. The van der Waals surface area contributed by atoms with Gasteiger partial charge in [0.2, 0.25) is 0 Å². The molecule has 0 aliphatic carbocycles. The Morgan fingerprint density at radius 2 is 1.57 bits per heavy atom. The van der Waals surface area contributed by atoms with Gasteiger partial charge in [0, 0.05) is 15.7 Å². The molecule has 0 radical (unpaired) electrons. The Balaban J connectivity index is 2.08. The highest BCUT2D eigenvalue weighted by Gasteiger charge is 2.11. The molecule has 102 valence electrons. The Morgan fingerprint density at radius 1 is 0.952 bits per heavy atom. The van der Waals surface area contributed by atoms with Crippen LogP contribution in [0, 0.1) is 18.3 Å². The normalized spacial score (nSPS) is 10.3. The second-order valence-corrected chi connectivity index (χ2v) is 5.87. The minimum absolute atomic E-state index is 0.594. The summed E-state index contributed by atoms with van der Waals surface area (Å²) in [5.41, 5.74) is 5.81. The van der Waals surface area contributed by atoms with Gasteiger partial charge in [-0.1, -0.05) is 57.9 Å². The van der Waals surface area contributed by atoms with Gasteiger partial charge in [-0.25, -0.2) is 0 Å². The SMILES string of the molecule is Cc1ccc(-c2cc(-c3ccc(Br)cc3)[nH]c2C#N)cc1. The number of nitriles is 1. The number of nitrogens with one attached hydrogen (secondary N) is 1. The van der Waals surface area contributed by atoms with E-state index in [9.17, 15) is 5.26 Å². The third-order valence-electron chi connectivity index (χ3n) is 3.45. The Labute approximate surface area is 132 Å². The molecule has 3 heteroatoms. The van der Waals surface area contributed by atoms with E-state index in [1.165, 1.54) is 5.56 Å². The van der Waals surface area contributed by atoms with Crippen molar-refractivity contribution in [1.82, 2.24) is 4.98 Å². The van der Waals surface area contributed by atoms with Gasteiger partial charge in [0.15, 0.2) is 0 Å². The van der Waals surface area contributed by atoms with Gasteiger partial charge in [-0.15, -0.1) is 0 Å². The van der Waals surface area contributed by atoms with Crippen molar-refractivity contribution < 1.29 is 0 Å². The van der Waals surface area contributed by atoms with Crippen LogP contribution in [0.3, 0.4) is 0 Å². The van der Waals surface area contributed by atoms with E-state index in [0.717, 1.165) is 26.9 Å². The monoisotopic (exact) mass is 336 g/mol. The van der Waals surface area contributed by atoms with Crippen LogP contribution in [-0.4, -0.2) is 4.98 Å². The molecule has 2 nitrogen and oxygen atoms in total. The third-order valence-corrected chi connectivity index (χ3v) is 3.98. The molecule has 0 fully saturated rings. The second-order valence-electron chi connectivity index (χ2n) is 4.96. The molecule has 0 saturated heterocycles. The van der Waals surface area contributed by atoms with Crippen molar-refractivity contribution >= 4 is 15.9 Å².